The monoisotopic (exact) mass is 410 g/mol. The topological polar surface area (TPSA) is 75.6 Å². The zero-order valence-electron chi connectivity index (χ0n) is 17.3. The number of rotatable bonds is 6. The average molecular weight is 410 g/mol. The normalized spacial score (nSPS) is 10.9. The van der Waals surface area contributed by atoms with Gasteiger partial charge in [-0.15, -0.1) is 0 Å². The largest absolute Gasteiger partial charge is 0.497 e. The van der Waals surface area contributed by atoms with Gasteiger partial charge in [0.25, 0.3) is 0 Å². The highest BCUT2D eigenvalue weighted by molar-refractivity contribution is 5.95. The third-order valence-corrected chi connectivity index (χ3v) is 4.72. The Morgan fingerprint density at radius 1 is 1.00 bits per heavy atom. The Morgan fingerprint density at radius 3 is 2.48 bits per heavy atom. The van der Waals surface area contributed by atoms with Crippen LogP contribution in [0, 0.1) is 0 Å². The number of hydrogen-bond acceptors (Lipinski definition) is 5. The van der Waals surface area contributed by atoms with Gasteiger partial charge >= 0.3 is 0 Å². The molecule has 1 aromatic heterocycles. The van der Waals surface area contributed by atoms with Gasteiger partial charge in [-0.2, -0.15) is 5.10 Å². The lowest BCUT2D eigenvalue weighted by Gasteiger charge is -2.11. The second-order valence-electron chi connectivity index (χ2n) is 6.98. The number of nitrogens with one attached hydrogen (secondary N) is 2. The van der Waals surface area contributed by atoms with E-state index in [2.05, 4.69) is 15.8 Å². The van der Waals surface area contributed by atoms with Crippen LogP contribution in [0.25, 0.3) is 22.2 Å². The number of anilines is 2. The van der Waals surface area contributed by atoms with Gasteiger partial charge in [0.05, 0.1) is 30.2 Å². The number of aromatic nitrogens is 1. The number of carbonyl (C=O) groups is 1. The Kier molecular flexibility index (Phi) is 5.89. The molecule has 3 aromatic carbocycles. The van der Waals surface area contributed by atoms with E-state index in [9.17, 15) is 4.79 Å². The quantitative estimate of drug-likeness (QED) is 0.333. The number of fused-ring (bicyclic) bond motifs is 1. The summed E-state index contributed by atoms with van der Waals surface area (Å²) in [5, 5.41) is 8.07. The first-order valence-corrected chi connectivity index (χ1v) is 9.83. The molecule has 0 aliphatic rings. The van der Waals surface area contributed by atoms with E-state index in [1.807, 2.05) is 78.9 Å². The fourth-order valence-electron chi connectivity index (χ4n) is 3.21. The van der Waals surface area contributed by atoms with Crippen molar-refractivity contribution in [2.45, 2.75) is 6.92 Å². The van der Waals surface area contributed by atoms with Gasteiger partial charge in [-0.3, -0.25) is 10.2 Å². The van der Waals surface area contributed by atoms with Crippen molar-refractivity contribution < 1.29 is 9.53 Å². The highest BCUT2D eigenvalue weighted by atomic mass is 16.5. The molecule has 0 saturated heterocycles. The number of nitrogens with zero attached hydrogens (tertiary/aromatic N) is 2. The van der Waals surface area contributed by atoms with Crippen molar-refractivity contribution in [3.8, 4) is 17.0 Å². The lowest BCUT2D eigenvalue weighted by molar-refractivity contribution is -0.114. The van der Waals surface area contributed by atoms with Gasteiger partial charge in [0, 0.05) is 23.6 Å². The number of ether oxygens (including phenoxy) is 1. The van der Waals surface area contributed by atoms with Crippen LogP contribution >= 0.6 is 0 Å². The smallest absolute Gasteiger partial charge is 0.221 e. The first kappa shape index (κ1) is 20.1. The summed E-state index contributed by atoms with van der Waals surface area (Å²) in [6, 6.07) is 25.2. The maximum Gasteiger partial charge on any atom is 0.221 e. The highest BCUT2D eigenvalue weighted by Gasteiger charge is 2.08. The van der Waals surface area contributed by atoms with Crippen LogP contribution in [0.5, 0.6) is 5.75 Å². The van der Waals surface area contributed by atoms with Gasteiger partial charge in [-0.05, 0) is 42.0 Å². The van der Waals surface area contributed by atoms with Crippen LogP contribution in [0.4, 0.5) is 11.4 Å². The fraction of sp³-hybridized carbons (Fsp3) is 0.0800. The Labute approximate surface area is 180 Å². The third-order valence-electron chi connectivity index (χ3n) is 4.72. The van der Waals surface area contributed by atoms with E-state index >= 15 is 0 Å². The fourth-order valence-corrected chi connectivity index (χ4v) is 3.21. The third kappa shape index (κ3) is 4.87. The van der Waals surface area contributed by atoms with E-state index in [1.54, 1.807) is 13.3 Å². The summed E-state index contributed by atoms with van der Waals surface area (Å²) >= 11 is 0. The van der Waals surface area contributed by atoms with Gasteiger partial charge in [-0.25, -0.2) is 4.98 Å². The first-order chi connectivity index (χ1) is 15.1. The highest BCUT2D eigenvalue weighted by Crippen LogP contribution is 2.31. The predicted octanol–water partition coefficient (Wildman–Crippen LogP) is 5.31. The maximum absolute atomic E-state index is 11.1. The Balaban J connectivity index is 1.64. The molecular formula is C25H22N4O2. The van der Waals surface area contributed by atoms with Crippen LogP contribution < -0.4 is 15.5 Å². The molecule has 0 radical (unpaired) electrons. The maximum atomic E-state index is 11.1. The molecule has 0 spiro atoms. The van der Waals surface area contributed by atoms with Crippen LogP contribution in [0.1, 0.15) is 12.5 Å². The molecular weight excluding hydrogens is 388 g/mol. The standard InChI is InChI=1S/C25H22N4O2/c1-17(30)27-20-10-8-18(9-11-20)16-26-29-25-15-24(19-6-4-3-5-7-19)28-23-13-12-21(31-2)14-22(23)25/h3-16H,1-2H3,(H,27,30)(H,28,29)/b26-16+. The number of carbonyl (C=O) groups excluding carboxylic acids is 1. The van der Waals surface area contributed by atoms with Crippen LogP contribution in [0.2, 0.25) is 0 Å². The van der Waals surface area contributed by atoms with E-state index in [0.29, 0.717) is 0 Å². The summed E-state index contributed by atoms with van der Waals surface area (Å²) in [4.78, 5) is 15.9. The van der Waals surface area contributed by atoms with Crippen LogP contribution in [0.3, 0.4) is 0 Å². The number of benzene rings is 3. The summed E-state index contributed by atoms with van der Waals surface area (Å²) in [6.45, 7) is 1.48. The van der Waals surface area contributed by atoms with Gasteiger partial charge < -0.3 is 10.1 Å². The van der Waals surface area contributed by atoms with Crippen LogP contribution in [0.15, 0.2) is 84.0 Å². The molecule has 0 fully saturated rings. The molecule has 4 rings (SSSR count). The molecule has 6 heteroatoms. The summed E-state index contributed by atoms with van der Waals surface area (Å²) in [6.07, 6.45) is 1.73. The van der Waals surface area contributed by atoms with Crippen molar-refractivity contribution in [1.82, 2.24) is 4.98 Å². The molecule has 154 valence electrons. The second-order valence-corrected chi connectivity index (χ2v) is 6.98. The Bertz CT molecular complexity index is 1240. The molecule has 1 amide bonds. The molecule has 0 saturated carbocycles. The molecule has 1 heterocycles. The zero-order chi connectivity index (χ0) is 21.6. The molecule has 0 aliphatic heterocycles. The lowest BCUT2D eigenvalue weighted by atomic mass is 10.1. The van der Waals surface area contributed by atoms with Crippen LogP contribution in [-0.4, -0.2) is 24.2 Å². The number of hydrazone groups is 1. The number of pyridine rings is 1. The number of amides is 1. The SMILES string of the molecule is COc1ccc2nc(-c3ccccc3)cc(N/N=C/c3ccc(NC(C)=O)cc3)c2c1. The van der Waals surface area contributed by atoms with Crippen molar-refractivity contribution in [3.63, 3.8) is 0 Å². The summed E-state index contributed by atoms with van der Waals surface area (Å²) in [5.74, 6) is 0.652. The van der Waals surface area contributed by atoms with Crippen molar-refractivity contribution >= 4 is 34.4 Å². The Morgan fingerprint density at radius 2 is 1.77 bits per heavy atom. The minimum absolute atomic E-state index is 0.0997. The van der Waals surface area contributed by atoms with E-state index in [-0.39, 0.29) is 5.91 Å². The molecule has 6 nitrogen and oxygen atoms in total. The van der Waals surface area contributed by atoms with Gasteiger partial charge in [0.15, 0.2) is 0 Å². The summed E-state index contributed by atoms with van der Waals surface area (Å²) in [5.41, 5.74) is 8.36. The lowest BCUT2D eigenvalue weighted by Crippen LogP contribution is -2.05. The van der Waals surface area contributed by atoms with Gasteiger partial charge in [0.1, 0.15) is 5.75 Å². The minimum atomic E-state index is -0.0997. The molecule has 4 aromatic rings. The Hall–Kier alpha value is -4.19. The summed E-state index contributed by atoms with van der Waals surface area (Å²) < 4.78 is 5.38. The van der Waals surface area contributed by atoms with Crippen molar-refractivity contribution in [3.05, 3.63) is 84.4 Å². The number of methoxy groups -OCH3 is 1. The first-order valence-electron chi connectivity index (χ1n) is 9.83. The van der Waals surface area contributed by atoms with E-state index < -0.39 is 0 Å². The van der Waals surface area contributed by atoms with E-state index in [4.69, 9.17) is 9.72 Å². The molecule has 0 unspecified atom stereocenters. The minimum Gasteiger partial charge on any atom is -0.497 e. The van der Waals surface area contributed by atoms with Gasteiger partial charge in [0.2, 0.25) is 5.91 Å². The van der Waals surface area contributed by atoms with E-state index in [0.717, 1.165) is 44.8 Å². The molecule has 0 bridgehead atoms. The van der Waals surface area contributed by atoms with Crippen molar-refractivity contribution in [2.75, 3.05) is 17.9 Å². The zero-order valence-corrected chi connectivity index (χ0v) is 17.3. The predicted molar refractivity (Wildman–Crippen MR) is 126 cm³/mol. The molecule has 31 heavy (non-hydrogen) atoms. The molecule has 2 N–H and O–H groups in total. The van der Waals surface area contributed by atoms with Crippen molar-refractivity contribution in [1.29, 1.82) is 0 Å². The van der Waals surface area contributed by atoms with Gasteiger partial charge in [-0.1, -0.05) is 42.5 Å². The molecule has 0 atom stereocenters. The summed E-state index contributed by atoms with van der Waals surface area (Å²) in [7, 11) is 1.64. The molecule has 0 aliphatic carbocycles. The average Bonchev–Trinajstić information content (AvgIpc) is 2.80. The second kappa shape index (κ2) is 9.09. The number of hydrogen-bond donors (Lipinski definition) is 2. The van der Waals surface area contributed by atoms with Crippen molar-refractivity contribution in [2.24, 2.45) is 5.10 Å². The van der Waals surface area contributed by atoms with E-state index in [1.165, 1.54) is 6.92 Å². The van der Waals surface area contributed by atoms with Crippen LogP contribution in [-0.2, 0) is 4.79 Å².